The van der Waals surface area contributed by atoms with Crippen molar-refractivity contribution >= 4 is 11.6 Å². The Hall–Kier alpha value is -1.62. The highest BCUT2D eigenvalue weighted by Crippen LogP contribution is 2.23. The quantitative estimate of drug-likeness (QED) is 0.788. The molecule has 1 amide bonds. The number of nitrogens with zero attached hydrogens (tertiary/aromatic N) is 2. The summed E-state index contributed by atoms with van der Waals surface area (Å²) in [6, 6.07) is 3.69. The second-order valence-corrected chi connectivity index (χ2v) is 4.26. The zero-order valence-corrected chi connectivity index (χ0v) is 9.89. The van der Waals surface area contributed by atoms with E-state index >= 15 is 0 Å². The van der Waals surface area contributed by atoms with Crippen molar-refractivity contribution in [2.45, 2.75) is 6.42 Å². The van der Waals surface area contributed by atoms with E-state index in [1.807, 2.05) is 6.07 Å². The Morgan fingerprint density at radius 2 is 2.53 bits per heavy atom. The third-order valence-electron chi connectivity index (χ3n) is 3.11. The third-order valence-corrected chi connectivity index (χ3v) is 3.11. The molecule has 1 atom stereocenters. The van der Waals surface area contributed by atoms with E-state index in [1.54, 1.807) is 19.3 Å². The van der Waals surface area contributed by atoms with Crippen molar-refractivity contribution in [2.24, 2.45) is 5.92 Å². The largest absolute Gasteiger partial charge is 0.396 e. The third kappa shape index (κ3) is 2.55. The van der Waals surface area contributed by atoms with Gasteiger partial charge >= 0.3 is 0 Å². The molecular formula is C12H17N3O2. The fourth-order valence-corrected chi connectivity index (χ4v) is 2.08. The van der Waals surface area contributed by atoms with Gasteiger partial charge in [0.15, 0.2) is 0 Å². The predicted molar refractivity (Wildman–Crippen MR) is 65.0 cm³/mol. The Balaban J connectivity index is 2.14. The zero-order chi connectivity index (χ0) is 12.3. The number of amides is 1. The first-order chi connectivity index (χ1) is 8.24. The lowest BCUT2D eigenvalue weighted by molar-refractivity contribution is 0.0958. The monoisotopic (exact) mass is 235 g/mol. The summed E-state index contributed by atoms with van der Waals surface area (Å²) in [5, 5.41) is 11.7. The Bertz CT molecular complexity index is 408. The number of aromatic nitrogens is 1. The van der Waals surface area contributed by atoms with E-state index in [0.717, 1.165) is 25.2 Å². The number of pyridine rings is 1. The molecule has 0 aromatic carbocycles. The molecule has 1 aliphatic rings. The van der Waals surface area contributed by atoms with Crippen molar-refractivity contribution in [2.75, 3.05) is 31.6 Å². The van der Waals surface area contributed by atoms with Gasteiger partial charge in [0, 0.05) is 44.5 Å². The van der Waals surface area contributed by atoms with Crippen LogP contribution in [0, 0.1) is 5.92 Å². The molecule has 0 bridgehead atoms. The van der Waals surface area contributed by atoms with Crippen molar-refractivity contribution in [1.82, 2.24) is 10.3 Å². The van der Waals surface area contributed by atoms with Crippen molar-refractivity contribution in [3.05, 3.63) is 24.0 Å². The maximum atomic E-state index is 11.5. The molecule has 5 heteroatoms. The molecule has 1 fully saturated rings. The summed E-state index contributed by atoms with van der Waals surface area (Å²) in [5.41, 5.74) is 1.42. The summed E-state index contributed by atoms with van der Waals surface area (Å²) in [5.74, 6) is 0.163. The molecule has 0 spiro atoms. The highest BCUT2D eigenvalue weighted by Gasteiger charge is 2.22. The number of rotatable bonds is 3. The first kappa shape index (κ1) is 11.9. The fourth-order valence-electron chi connectivity index (χ4n) is 2.08. The lowest BCUT2D eigenvalue weighted by atomic mass is 10.1. The number of carbonyl (C=O) groups excluding carboxylic acids is 1. The van der Waals surface area contributed by atoms with Crippen molar-refractivity contribution in [3.8, 4) is 0 Å². The lowest BCUT2D eigenvalue weighted by Gasteiger charge is -2.18. The van der Waals surface area contributed by atoms with Crippen molar-refractivity contribution in [1.29, 1.82) is 0 Å². The van der Waals surface area contributed by atoms with Gasteiger partial charge in [-0.3, -0.25) is 9.78 Å². The van der Waals surface area contributed by atoms with E-state index in [0.29, 0.717) is 11.6 Å². The van der Waals surface area contributed by atoms with E-state index in [1.165, 1.54) is 0 Å². The van der Waals surface area contributed by atoms with Crippen molar-refractivity contribution < 1.29 is 9.90 Å². The minimum atomic E-state index is -0.176. The van der Waals surface area contributed by atoms with Crippen molar-refractivity contribution in [3.63, 3.8) is 0 Å². The second-order valence-electron chi connectivity index (χ2n) is 4.26. The molecule has 0 radical (unpaired) electrons. The van der Waals surface area contributed by atoms with Crippen LogP contribution in [0.2, 0.25) is 0 Å². The number of hydrogen-bond donors (Lipinski definition) is 2. The predicted octanol–water partition coefficient (Wildman–Crippen LogP) is 0.260. The summed E-state index contributed by atoms with van der Waals surface area (Å²) in [6.07, 6.45) is 2.64. The van der Waals surface area contributed by atoms with Crippen LogP contribution in [0.3, 0.4) is 0 Å². The Morgan fingerprint density at radius 3 is 3.18 bits per heavy atom. The average Bonchev–Trinajstić information content (AvgIpc) is 2.86. The molecule has 1 saturated heterocycles. The van der Waals surface area contributed by atoms with Crippen LogP contribution in [0.4, 0.5) is 5.69 Å². The van der Waals surface area contributed by atoms with Crippen LogP contribution >= 0.6 is 0 Å². The normalized spacial score (nSPS) is 19.4. The molecule has 1 aromatic rings. The van der Waals surface area contributed by atoms with Gasteiger partial charge in [0.2, 0.25) is 0 Å². The minimum Gasteiger partial charge on any atom is -0.396 e. The number of aliphatic hydroxyl groups excluding tert-OH is 1. The minimum absolute atomic E-state index is 0.176. The molecule has 0 saturated carbocycles. The van der Waals surface area contributed by atoms with Crippen LogP contribution in [0.25, 0.3) is 0 Å². The molecule has 2 N–H and O–H groups in total. The first-order valence-corrected chi connectivity index (χ1v) is 5.78. The van der Waals surface area contributed by atoms with E-state index in [4.69, 9.17) is 5.11 Å². The molecule has 2 heterocycles. The van der Waals surface area contributed by atoms with E-state index < -0.39 is 0 Å². The number of carbonyl (C=O) groups is 1. The number of hydrogen-bond acceptors (Lipinski definition) is 4. The Kier molecular flexibility index (Phi) is 3.58. The number of aliphatic hydroxyl groups is 1. The number of nitrogens with one attached hydrogen (secondary N) is 1. The van der Waals surface area contributed by atoms with Crippen LogP contribution in [-0.4, -0.2) is 42.7 Å². The van der Waals surface area contributed by atoms with E-state index in [2.05, 4.69) is 15.2 Å². The Morgan fingerprint density at radius 1 is 1.71 bits per heavy atom. The van der Waals surface area contributed by atoms with Crippen LogP contribution in [0.5, 0.6) is 0 Å². The molecule has 0 aliphatic carbocycles. The number of anilines is 1. The van der Waals surface area contributed by atoms with Gasteiger partial charge < -0.3 is 15.3 Å². The zero-order valence-electron chi connectivity index (χ0n) is 9.89. The molecule has 1 unspecified atom stereocenters. The first-order valence-electron chi connectivity index (χ1n) is 5.78. The van der Waals surface area contributed by atoms with Crippen LogP contribution in [-0.2, 0) is 0 Å². The summed E-state index contributed by atoms with van der Waals surface area (Å²) in [6.45, 7) is 1.99. The van der Waals surface area contributed by atoms with E-state index in [9.17, 15) is 4.79 Å². The molecule has 92 valence electrons. The van der Waals surface area contributed by atoms with E-state index in [-0.39, 0.29) is 12.5 Å². The summed E-state index contributed by atoms with van der Waals surface area (Å²) < 4.78 is 0. The van der Waals surface area contributed by atoms with Gasteiger partial charge in [-0.2, -0.15) is 0 Å². The molecule has 5 nitrogen and oxygen atoms in total. The molecular weight excluding hydrogens is 218 g/mol. The molecule has 17 heavy (non-hydrogen) atoms. The molecule has 2 rings (SSSR count). The fraction of sp³-hybridized carbons (Fsp3) is 0.500. The summed E-state index contributed by atoms with van der Waals surface area (Å²) >= 11 is 0. The Labute approximate surface area is 100 Å². The topological polar surface area (TPSA) is 65.5 Å². The van der Waals surface area contributed by atoms with Gasteiger partial charge in [-0.05, 0) is 18.6 Å². The SMILES string of the molecule is CNC(=O)c1cc(N2CCC(CO)C2)ccn1. The average molecular weight is 235 g/mol. The maximum absolute atomic E-state index is 11.5. The highest BCUT2D eigenvalue weighted by molar-refractivity contribution is 5.92. The second kappa shape index (κ2) is 5.14. The van der Waals surface area contributed by atoms with Crippen LogP contribution in [0.1, 0.15) is 16.9 Å². The smallest absolute Gasteiger partial charge is 0.269 e. The standard InChI is InChI=1S/C12H17N3O2/c1-13-12(17)11-6-10(2-4-14-11)15-5-3-9(7-15)8-16/h2,4,6,9,16H,3,5,7-8H2,1H3,(H,13,17). The van der Waals surface area contributed by atoms with Gasteiger partial charge in [-0.25, -0.2) is 0 Å². The van der Waals surface area contributed by atoms with Gasteiger partial charge in [-0.1, -0.05) is 0 Å². The summed E-state index contributed by atoms with van der Waals surface area (Å²) in [7, 11) is 1.59. The lowest BCUT2D eigenvalue weighted by Crippen LogP contribution is -2.23. The van der Waals surface area contributed by atoms with Gasteiger partial charge in [0.1, 0.15) is 5.69 Å². The molecule has 1 aliphatic heterocycles. The highest BCUT2D eigenvalue weighted by atomic mass is 16.3. The van der Waals surface area contributed by atoms with Crippen LogP contribution in [0.15, 0.2) is 18.3 Å². The maximum Gasteiger partial charge on any atom is 0.269 e. The van der Waals surface area contributed by atoms with Gasteiger partial charge in [-0.15, -0.1) is 0 Å². The van der Waals surface area contributed by atoms with Gasteiger partial charge in [0.05, 0.1) is 0 Å². The molecule has 1 aromatic heterocycles. The van der Waals surface area contributed by atoms with Gasteiger partial charge in [0.25, 0.3) is 5.91 Å². The van der Waals surface area contributed by atoms with Crippen LogP contribution < -0.4 is 10.2 Å². The summed E-state index contributed by atoms with van der Waals surface area (Å²) in [4.78, 5) is 17.7.